The van der Waals surface area contributed by atoms with E-state index in [1.165, 1.54) is 15.9 Å². The number of fused-ring (bicyclic) bond motifs is 1. The van der Waals surface area contributed by atoms with Crippen molar-refractivity contribution >= 4 is 33.1 Å². The van der Waals surface area contributed by atoms with Crippen molar-refractivity contribution in [3.63, 3.8) is 0 Å². The zero-order valence-corrected chi connectivity index (χ0v) is 17.8. The Labute approximate surface area is 177 Å². The Morgan fingerprint density at radius 3 is 2.63 bits per heavy atom. The van der Waals surface area contributed by atoms with Crippen molar-refractivity contribution in [3.8, 4) is 0 Å². The second-order valence-corrected chi connectivity index (χ2v) is 8.32. The SMILES string of the molecule is CCn1c(=O)[nH]c2cc(CN3CCN(c4ccc(C(=O)NC)nc4)CC3)sc2c1=O. The molecule has 1 fully saturated rings. The Balaban J connectivity index is 1.41. The van der Waals surface area contributed by atoms with Gasteiger partial charge < -0.3 is 15.2 Å². The molecule has 3 aromatic rings. The van der Waals surface area contributed by atoms with Crippen LogP contribution < -0.4 is 21.5 Å². The molecule has 0 bridgehead atoms. The number of thiophene rings is 1. The molecular formula is C20H24N6O3S. The van der Waals surface area contributed by atoms with E-state index in [1.807, 2.05) is 12.1 Å². The molecule has 0 unspecified atom stereocenters. The molecule has 0 aliphatic carbocycles. The van der Waals surface area contributed by atoms with E-state index in [1.54, 1.807) is 26.2 Å². The minimum Gasteiger partial charge on any atom is -0.368 e. The van der Waals surface area contributed by atoms with Gasteiger partial charge in [-0.2, -0.15) is 0 Å². The highest BCUT2D eigenvalue weighted by atomic mass is 32.1. The third-order valence-electron chi connectivity index (χ3n) is 5.35. The van der Waals surface area contributed by atoms with Gasteiger partial charge >= 0.3 is 5.69 Å². The van der Waals surface area contributed by atoms with Crippen molar-refractivity contribution in [1.82, 2.24) is 24.8 Å². The lowest BCUT2D eigenvalue weighted by Crippen LogP contribution is -2.45. The van der Waals surface area contributed by atoms with Crippen LogP contribution in [0, 0.1) is 0 Å². The largest absolute Gasteiger partial charge is 0.368 e. The maximum atomic E-state index is 12.5. The fraction of sp³-hybridized carbons (Fsp3) is 0.400. The van der Waals surface area contributed by atoms with E-state index >= 15 is 0 Å². The average molecular weight is 429 g/mol. The number of aromatic nitrogens is 3. The number of nitrogens with zero attached hydrogens (tertiary/aromatic N) is 4. The van der Waals surface area contributed by atoms with Gasteiger partial charge in [-0.1, -0.05) is 0 Å². The van der Waals surface area contributed by atoms with Crippen molar-refractivity contribution in [1.29, 1.82) is 0 Å². The summed E-state index contributed by atoms with van der Waals surface area (Å²) in [5.41, 5.74) is 1.45. The topological polar surface area (TPSA) is 103 Å². The monoisotopic (exact) mass is 428 g/mol. The van der Waals surface area contributed by atoms with Gasteiger partial charge in [0, 0.05) is 51.2 Å². The number of H-pyrrole nitrogens is 1. The van der Waals surface area contributed by atoms with Crippen LogP contribution in [0.5, 0.6) is 0 Å². The quantitative estimate of drug-likeness (QED) is 0.625. The molecule has 0 aromatic carbocycles. The minimum atomic E-state index is -0.357. The Kier molecular flexibility index (Phi) is 5.69. The number of rotatable bonds is 5. The lowest BCUT2D eigenvalue weighted by molar-refractivity contribution is 0.0958. The number of amides is 1. The number of hydrogen-bond donors (Lipinski definition) is 2. The molecule has 9 nitrogen and oxygen atoms in total. The van der Waals surface area contributed by atoms with Crippen LogP contribution in [0.25, 0.3) is 10.2 Å². The van der Waals surface area contributed by atoms with Gasteiger partial charge in [-0.05, 0) is 25.1 Å². The first-order valence-corrected chi connectivity index (χ1v) is 10.7. The standard InChI is InChI=1S/C20H24N6O3S/c1-3-26-19(28)17-16(23-20(26)29)10-14(30-17)12-24-6-8-25(9-7-24)13-4-5-15(22-11-13)18(27)21-2/h4-5,10-11H,3,6-9,12H2,1-2H3,(H,21,27)(H,23,29). The number of pyridine rings is 1. The zero-order valence-electron chi connectivity index (χ0n) is 17.0. The van der Waals surface area contributed by atoms with E-state index in [0.29, 0.717) is 22.5 Å². The minimum absolute atomic E-state index is 0.193. The first-order chi connectivity index (χ1) is 14.5. The second kappa shape index (κ2) is 8.41. The lowest BCUT2D eigenvalue weighted by Gasteiger charge is -2.35. The molecule has 1 saturated heterocycles. The van der Waals surface area contributed by atoms with Crippen LogP contribution in [0.2, 0.25) is 0 Å². The Morgan fingerprint density at radius 1 is 1.23 bits per heavy atom. The van der Waals surface area contributed by atoms with Crippen LogP contribution in [-0.4, -0.2) is 58.6 Å². The Morgan fingerprint density at radius 2 is 2.00 bits per heavy atom. The molecular weight excluding hydrogens is 404 g/mol. The molecule has 4 rings (SSSR count). The molecule has 158 valence electrons. The molecule has 3 aromatic heterocycles. The summed E-state index contributed by atoms with van der Waals surface area (Å²) in [6.45, 7) is 6.35. The third kappa shape index (κ3) is 3.88. The molecule has 4 heterocycles. The number of carbonyl (C=O) groups excluding carboxylic acids is 1. The van der Waals surface area contributed by atoms with Crippen LogP contribution in [-0.2, 0) is 13.1 Å². The van der Waals surface area contributed by atoms with Crippen LogP contribution in [0.4, 0.5) is 5.69 Å². The first-order valence-electron chi connectivity index (χ1n) is 9.91. The number of aromatic amines is 1. The van der Waals surface area contributed by atoms with Crippen molar-refractivity contribution in [2.75, 3.05) is 38.1 Å². The van der Waals surface area contributed by atoms with Gasteiger partial charge in [0.1, 0.15) is 10.4 Å². The van der Waals surface area contributed by atoms with Gasteiger partial charge in [0.05, 0.1) is 17.4 Å². The van der Waals surface area contributed by atoms with E-state index in [2.05, 4.69) is 25.1 Å². The molecule has 2 N–H and O–H groups in total. The molecule has 0 atom stereocenters. The highest BCUT2D eigenvalue weighted by Gasteiger charge is 2.19. The summed E-state index contributed by atoms with van der Waals surface area (Å²) >= 11 is 1.45. The van der Waals surface area contributed by atoms with Crippen LogP contribution in [0.1, 0.15) is 22.3 Å². The van der Waals surface area contributed by atoms with Crippen LogP contribution in [0.3, 0.4) is 0 Å². The van der Waals surface area contributed by atoms with Gasteiger partial charge in [0.15, 0.2) is 0 Å². The molecule has 0 spiro atoms. The zero-order chi connectivity index (χ0) is 21.3. The normalized spacial score (nSPS) is 14.9. The summed E-state index contributed by atoms with van der Waals surface area (Å²) < 4.78 is 1.83. The van der Waals surface area contributed by atoms with Crippen molar-refractivity contribution in [3.05, 3.63) is 55.8 Å². The van der Waals surface area contributed by atoms with E-state index in [-0.39, 0.29) is 17.2 Å². The average Bonchev–Trinajstić information content (AvgIpc) is 3.16. The summed E-state index contributed by atoms with van der Waals surface area (Å²) in [6.07, 6.45) is 1.74. The van der Waals surface area contributed by atoms with Crippen molar-refractivity contribution in [2.45, 2.75) is 20.0 Å². The lowest BCUT2D eigenvalue weighted by atomic mass is 10.2. The predicted molar refractivity (Wildman–Crippen MR) is 117 cm³/mol. The van der Waals surface area contributed by atoms with Gasteiger partial charge in [-0.3, -0.25) is 19.1 Å². The van der Waals surface area contributed by atoms with Crippen molar-refractivity contribution < 1.29 is 4.79 Å². The summed E-state index contributed by atoms with van der Waals surface area (Å²) in [5, 5.41) is 2.57. The number of hydrogen-bond acceptors (Lipinski definition) is 7. The third-order valence-corrected chi connectivity index (χ3v) is 6.46. The van der Waals surface area contributed by atoms with Crippen LogP contribution in [0.15, 0.2) is 34.0 Å². The van der Waals surface area contributed by atoms with Gasteiger partial charge in [0.25, 0.3) is 11.5 Å². The maximum Gasteiger partial charge on any atom is 0.328 e. The molecule has 1 aliphatic heterocycles. The summed E-state index contributed by atoms with van der Waals surface area (Å²) in [5.74, 6) is -0.193. The molecule has 0 saturated carbocycles. The van der Waals surface area contributed by atoms with Crippen molar-refractivity contribution in [2.24, 2.45) is 0 Å². The van der Waals surface area contributed by atoms with Crippen LogP contribution >= 0.6 is 11.3 Å². The first kappa shape index (κ1) is 20.3. The predicted octanol–water partition coefficient (Wildman–Crippen LogP) is 0.848. The Hall–Kier alpha value is -2.98. The fourth-order valence-corrected chi connectivity index (χ4v) is 4.78. The smallest absolute Gasteiger partial charge is 0.328 e. The number of nitrogens with one attached hydrogen (secondary N) is 2. The van der Waals surface area contributed by atoms with E-state index in [4.69, 9.17) is 0 Å². The van der Waals surface area contributed by atoms with Gasteiger partial charge in [-0.15, -0.1) is 11.3 Å². The van der Waals surface area contributed by atoms with E-state index in [9.17, 15) is 14.4 Å². The highest BCUT2D eigenvalue weighted by Crippen LogP contribution is 2.23. The molecule has 30 heavy (non-hydrogen) atoms. The summed E-state index contributed by atoms with van der Waals surface area (Å²) in [4.78, 5) is 48.8. The molecule has 1 amide bonds. The number of piperazine rings is 1. The molecule has 10 heteroatoms. The second-order valence-electron chi connectivity index (χ2n) is 7.18. The molecule has 1 aliphatic rings. The van der Waals surface area contributed by atoms with E-state index < -0.39 is 0 Å². The summed E-state index contributed by atoms with van der Waals surface area (Å²) in [7, 11) is 1.59. The maximum absolute atomic E-state index is 12.5. The van der Waals surface area contributed by atoms with Gasteiger partial charge in [0.2, 0.25) is 0 Å². The van der Waals surface area contributed by atoms with Gasteiger partial charge in [-0.25, -0.2) is 9.78 Å². The number of anilines is 1. The highest BCUT2D eigenvalue weighted by molar-refractivity contribution is 7.18. The Bertz CT molecular complexity index is 1170. The fourth-order valence-electron chi connectivity index (χ4n) is 3.68. The van der Waals surface area contributed by atoms with E-state index in [0.717, 1.165) is 43.3 Å². The number of carbonyl (C=O) groups is 1. The molecule has 0 radical (unpaired) electrons. The summed E-state index contributed by atoms with van der Waals surface area (Å²) in [6, 6.07) is 5.58.